The van der Waals surface area contributed by atoms with E-state index in [4.69, 9.17) is 27.9 Å². The molecule has 2 rings (SSSR count). The minimum atomic E-state index is -0.195. The second-order valence-corrected chi connectivity index (χ2v) is 6.41. The fraction of sp³-hybridized carbons (Fsp3) is 0.333. The van der Waals surface area contributed by atoms with Crippen molar-refractivity contribution in [2.24, 2.45) is 0 Å². The van der Waals surface area contributed by atoms with Crippen LogP contribution in [0.25, 0.3) is 0 Å². The monoisotopic (exact) mass is 325 g/mol. The van der Waals surface area contributed by atoms with E-state index < -0.39 is 0 Å². The first-order chi connectivity index (χ1) is 9.79. The van der Waals surface area contributed by atoms with Gasteiger partial charge in [0.2, 0.25) is 0 Å². The molecule has 0 radical (unpaired) electrons. The molecular weight excluding hydrogens is 309 g/mol. The summed E-state index contributed by atoms with van der Waals surface area (Å²) in [6.45, 7) is 6.09. The van der Waals surface area contributed by atoms with Crippen molar-refractivity contribution in [1.82, 2.24) is 9.97 Å². The van der Waals surface area contributed by atoms with Crippen molar-refractivity contribution in [2.75, 3.05) is 12.4 Å². The Morgan fingerprint density at radius 2 is 1.81 bits per heavy atom. The molecule has 1 aromatic heterocycles. The van der Waals surface area contributed by atoms with Gasteiger partial charge in [-0.2, -0.15) is 0 Å². The lowest BCUT2D eigenvalue weighted by molar-refractivity contribution is 0.415. The summed E-state index contributed by atoms with van der Waals surface area (Å²) >= 11 is 12.2. The molecule has 1 aromatic carbocycles. The standard InChI is InChI=1S/C15H17Cl2N3O/c1-15(2,3)14-19-12(17)8-13(20-14)18-11-7-9(21-4)5-6-10(11)16/h5-8H,1-4H3,(H,18,19,20). The van der Waals surface area contributed by atoms with Gasteiger partial charge in [-0.25, -0.2) is 9.97 Å². The SMILES string of the molecule is COc1ccc(Cl)c(Nc2cc(Cl)nc(C(C)(C)C)n2)c1. The predicted octanol–water partition coefficient (Wildman–Crippen LogP) is 4.83. The molecule has 21 heavy (non-hydrogen) atoms. The molecule has 0 saturated carbocycles. The molecule has 112 valence electrons. The van der Waals surface area contributed by atoms with Crippen LogP contribution in [0.15, 0.2) is 24.3 Å². The quantitative estimate of drug-likeness (QED) is 0.821. The molecule has 0 saturated heterocycles. The zero-order valence-electron chi connectivity index (χ0n) is 12.4. The Hall–Kier alpha value is -1.52. The smallest absolute Gasteiger partial charge is 0.137 e. The van der Waals surface area contributed by atoms with Gasteiger partial charge in [-0.05, 0) is 12.1 Å². The molecule has 0 unspecified atom stereocenters. The van der Waals surface area contributed by atoms with Gasteiger partial charge in [-0.1, -0.05) is 44.0 Å². The summed E-state index contributed by atoms with van der Waals surface area (Å²) in [5, 5.41) is 4.11. The first-order valence-electron chi connectivity index (χ1n) is 6.45. The summed E-state index contributed by atoms with van der Waals surface area (Å²) < 4.78 is 5.19. The molecule has 0 aliphatic heterocycles. The summed E-state index contributed by atoms with van der Waals surface area (Å²) in [6.07, 6.45) is 0. The van der Waals surface area contributed by atoms with Gasteiger partial charge in [0.25, 0.3) is 0 Å². The van der Waals surface area contributed by atoms with E-state index in [0.717, 1.165) is 0 Å². The average Bonchev–Trinajstić information content (AvgIpc) is 2.39. The van der Waals surface area contributed by atoms with Crippen molar-refractivity contribution in [3.05, 3.63) is 40.3 Å². The molecule has 1 heterocycles. The van der Waals surface area contributed by atoms with Gasteiger partial charge in [-0.15, -0.1) is 0 Å². The van der Waals surface area contributed by atoms with Crippen LogP contribution in [0, 0.1) is 0 Å². The topological polar surface area (TPSA) is 47.0 Å². The van der Waals surface area contributed by atoms with Crippen molar-refractivity contribution in [1.29, 1.82) is 0 Å². The highest BCUT2D eigenvalue weighted by Crippen LogP contribution is 2.30. The Bertz CT molecular complexity index is 654. The van der Waals surface area contributed by atoms with Crippen LogP contribution in [0.3, 0.4) is 0 Å². The number of methoxy groups -OCH3 is 1. The zero-order chi connectivity index (χ0) is 15.6. The fourth-order valence-corrected chi connectivity index (χ4v) is 2.03. The largest absolute Gasteiger partial charge is 0.497 e. The molecule has 0 aliphatic carbocycles. The van der Waals surface area contributed by atoms with Gasteiger partial charge in [0.15, 0.2) is 0 Å². The third-order valence-electron chi connectivity index (χ3n) is 2.80. The Morgan fingerprint density at radius 3 is 2.43 bits per heavy atom. The first kappa shape index (κ1) is 15.9. The normalized spacial score (nSPS) is 11.3. The van der Waals surface area contributed by atoms with Gasteiger partial charge < -0.3 is 10.1 Å². The number of nitrogens with zero attached hydrogens (tertiary/aromatic N) is 2. The van der Waals surface area contributed by atoms with E-state index in [0.29, 0.717) is 33.3 Å². The number of nitrogens with one attached hydrogen (secondary N) is 1. The minimum absolute atomic E-state index is 0.195. The number of hydrogen-bond acceptors (Lipinski definition) is 4. The van der Waals surface area contributed by atoms with E-state index >= 15 is 0 Å². The van der Waals surface area contributed by atoms with Crippen LogP contribution in [-0.2, 0) is 5.41 Å². The third-order valence-corrected chi connectivity index (χ3v) is 3.33. The molecule has 6 heteroatoms. The Balaban J connectivity index is 2.38. The van der Waals surface area contributed by atoms with Crippen molar-refractivity contribution in [3.63, 3.8) is 0 Å². The van der Waals surface area contributed by atoms with Gasteiger partial charge in [0.1, 0.15) is 22.5 Å². The van der Waals surface area contributed by atoms with Crippen LogP contribution in [0.5, 0.6) is 5.75 Å². The maximum Gasteiger partial charge on any atom is 0.137 e. The lowest BCUT2D eigenvalue weighted by Gasteiger charge is -2.18. The number of aromatic nitrogens is 2. The Morgan fingerprint density at radius 1 is 1.10 bits per heavy atom. The highest BCUT2D eigenvalue weighted by Gasteiger charge is 2.19. The van der Waals surface area contributed by atoms with Gasteiger partial charge >= 0.3 is 0 Å². The average molecular weight is 326 g/mol. The predicted molar refractivity (Wildman–Crippen MR) is 87.0 cm³/mol. The van der Waals surface area contributed by atoms with Crippen molar-refractivity contribution in [3.8, 4) is 5.75 Å². The fourth-order valence-electron chi connectivity index (χ4n) is 1.68. The van der Waals surface area contributed by atoms with E-state index in [1.165, 1.54) is 0 Å². The van der Waals surface area contributed by atoms with Gasteiger partial charge in [0, 0.05) is 17.5 Å². The van der Waals surface area contributed by atoms with Crippen LogP contribution in [0.2, 0.25) is 10.2 Å². The molecule has 2 aromatic rings. The molecule has 4 nitrogen and oxygen atoms in total. The summed E-state index contributed by atoms with van der Waals surface area (Å²) in [7, 11) is 1.60. The molecule has 1 N–H and O–H groups in total. The van der Waals surface area contributed by atoms with Crippen LogP contribution in [0.4, 0.5) is 11.5 Å². The number of benzene rings is 1. The number of rotatable bonds is 3. The van der Waals surface area contributed by atoms with Crippen molar-refractivity contribution < 1.29 is 4.74 Å². The van der Waals surface area contributed by atoms with Gasteiger partial charge in [0.05, 0.1) is 17.8 Å². The lowest BCUT2D eigenvalue weighted by Crippen LogP contribution is -2.16. The van der Waals surface area contributed by atoms with E-state index in [1.54, 1.807) is 31.4 Å². The Kier molecular flexibility index (Phi) is 4.59. The van der Waals surface area contributed by atoms with E-state index in [1.807, 2.05) is 20.8 Å². The summed E-state index contributed by atoms with van der Waals surface area (Å²) in [6, 6.07) is 7.01. The van der Waals surface area contributed by atoms with Crippen molar-refractivity contribution in [2.45, 2.75) is 26.2 Å². The van der Waals surface area contributed by atoms with Crippen LogP contribution >= 0.6 is 23.2 Å². The minimum Gasteiger partial charge on any atom is -0.497 e. The van der Waals surface area contributed by atoms with E-state index in [-0.39, 0.29) is 5.41 Å². The summed E-state index contributed by atoms with van der Waals surface area (Å²) in [5.74, 6) is 1.96. The van der Waals surface area contributed by atoms with E-state index in [2.05, 4.69) is 15.3 Å². The van der Waals surface area contributed by atoms with Gasteiger partial charge in [-0.3, -0.25) is 0 Å². The number of halogens is 2. The molecule has 0 amide bonds. The highest BCUT2D eigenvalue weighted by molar-refractivity contribution is 6.33. The zero-order valence-corrected chi connectivity index (χ0v) is 13.9. The lowest BCUT2D eigenvalue weighted by atomic mass is 9.96. The van der Waals surface area contributed by atoms with E-state index in [9.17, 15) is 0 Å². The summed E-state index contributed by atoms with van der Waals surface area (Å²) in [4.78, 5) is 8.75. The third kappa shape index (κ3) is 3.99. The van der Waals surface area contributed by atoms with Crippen LogP contribution < -0.4 is 10.1 Å². The molecule has 0 spiro atoms. The number of hydrogen-bond donors (Lipinski definition) is 1. The molecule has 0 bridgehead atoms. The second kappa shape index (κ2) is 6.08. The maximum absolute atomic E-state index is 6.18. The molecular formula is C15H17Cl2N3O. The summed E-state index contributed by atoms with van der Waals surface area (Å²) in [5.41, 5.74) is 0.505. The second-order valence-electron chi connectivity index (χ2n) is 5.62. The van der Waals surface area contributed by atoms with Crippen molar-refractivity contribution >= 4 is 34.7 Å². The molecule has 0 fully saturated rings. The van der Waals surface area contributed by atoms with Crippen LogP contribution in [-0.4, -0.2) is 17.1 Å². The maximum atomic E-state index is 6.18. The Labute approximate surface area is 134 Å². The molecule has 0 aliphatic rings. The molecule has 0 atom stereocenters. The highest BCUT2D eigenvalue weighted by atomic mass is 35.5. The number of anilines is 2. The first-order valence-corrected chi connectivity index (χ1v) is 7.21. The van der Waals surface area contributed by atoms with Crippen LogP contribution in [0.1, 0.15) is 26.6 Å². The number of ether oxygens (including phenoxy) is 1.